The van der Waals surface area contributed by atoms with E-state index in [1.54, 1.807) is 20.3 Å². The fraction of sp³-hybridized carbons (Fsp3) is 0.739. The van der Waals surface area contributed by atoms with Gasteiger partial charge in [0.05, 0.1) is 37.3 Å². The van der Waals surface area contributed by atoms with Crippen molar-refractivity contribution in [2.75, 3.05) is 46.6 Å². The lowest BCUT2D eigenvalue weighted by Crippen LogP contribution is -3.14. The lowest BCUT2D eigenvalue weighted by Gasteiger charge is -2.48. The normalized spacial score (nSPS) is 34.2. The zero-order chi connectivity index (χ0) is 22.7. The van der Waals surface area contributed by atoms with Crippen molar-refractivity contribution < 1.29 is 55.3 Å². The molecule has 1 aliphatic carbocycles. The number of carbonyl (C=O) groups excluding carboxylic acids is 2. The summed E-state index contributed by atoms with van der Waals surface area (Å²) in [5.74, 6) is -0.751. The third-order valence-corrected chi connectivity index (χ3v) is 6.77. The number of morpholine rings is 1. The van der Waals surface area contributed by atoms with Crippen LogP contribution in [-0.4, -0.2) is 88.8 Å². The summed E-state index contributed by atoms with van der Waals surface area (Å²) in [5.41, 5.74) is 0. The number of ether oxygens (including phenoxy) is 6. The van der Waals surface area contributed by atoms with Gasteiger partial charge in [-0.05, 0) is 19.4 Å². The molecule has 1 saturated carbocycles. The third kappa shape index (κ3) is 5.54. The van der Waals surface area contributed by atoms with Crippen LogP contribution in [0, 0.1) is 11.8 Å². The maximum Gasteiger partial charge on any atom is 0.335 e. The lowest BCUT2D eigenvalue weighted by molar-refractivity contribution is -0.908. The molecule has 0 amide bonds. The number of quaternary nitrogens is 1. The predicted molar refractivity (Wildman–Crippen MR) is 112 cm³/mol. The highest BCUT2D eigenvalue weighted by molar-refractivity contribution is 5.94. The van der Waals surface area contributed by atoms with Crippen molar-refractivity contribution in [2.24, 2.45) is 11.8 Å². The number of hydrogen-bond donors (Lipinski definition) is 1. The van der Waals surface area contributed by atoms with Crippen LogP contribution in [0.4, 0.5) is 0 Å². The van der Waals surface area contributed by atoms with Crippen LogP contribution in [0.1, 0.15) is 20.3 Å². The number of rotatable bonds is 8. The fourth-order valence-corrected chi connectivity index (χ4v) is 5.10. The van der Waals surface area contributed by atoms with Crippen LogP contribution in [0.25, 0.3) is 0 Å². The van der Waals surface area contributed by atoms with E-state index in [9.17, 15) is 9.59 Å². The maximum absolute atomic E-state index is 13.0. The molecule has 0 bridgehead atoms. The van der Waals surface area contributed by atoms with Gasteiger partial charge in [0.15, 0.2) is 11.9 Å². The summed E-state index contributed by atoms with van der Waals surface area (Å²) in [6.45, 7) is 8.00. The molecule has 4 aliphatic rings. The fourth-order valence-electron chi connectivity index (χ4n) is 5.10. The molecule has 10 heteroatoms. The van der Waals surface area contributed by atoms with Gasteiger partial charge in [-0.2, -0.15) is 0 Å². The average Bonchev–Trinajstić information content (AvgIpc) is 3.27. The van der Waals surface area contributed by atoms with Crippen LogP contribution in [-0.2, 0) is 38.0 Å². The Hall–Kier alpha value is -1.65. The molecule has 0 aromatic rings. The number of allylic oxidation sites excluding steroid dienone is 2. The van der Waals surface area contributed by atoms with E-state index >= 15 is 0 Å². The number of ketones is 1. The SMILES string of the molecule is CCC(OC1C2C=COC2C(OC)C2OC(C)=CC(=O)C12)C(=O)OCC[NH+]1CCOCC1.[Cl-]. The van der Waals surface area contributed by atoms with Crippen molar-refractivity contribution in [3.8, 4) is 0 Å². The van der Waals surface area contributed by atoms with Gasteiger partial charge >= 0.3 is 5.97 Å². The molecule has 0 aromatic heterocycles. The molecule has 33 heavy (non-hydrogen) atoms. The number of fused-ring (bicyclic) bond motifs is 2. The summed E-state index contributed by atoms with van der Waals surface area (Å²) in [5, 5.41) is 0. The molecule has 3 aliphatic heterocycles. The molecular weight excluding hydrogens is 454 g/mol. The number of esters is 1. The highest BCUT2D eigenvalue weighted by Crippen LogP contribution is 2.44. The molecule has 7 atom stereocenters. The molecule has 2 fully saturated rings. The van der Waals surface area contributed by atoms with Gasteiger partial charge < -0.3 is 45.7 Å². The van der Waals surface area contributed by atoms with Gasteiger partial charge in [-0.15, -0.1) is 0 Å². The molecule has 186 valence electrons. The van der Waals surface area contributed by atoms with Crippen LogP contribution >= 0.6 is 0 Å². The molecule has 7 unspecified atom stereocenters. The summed E-state index contributed by atoms with van der Waals surface area (Å²) in [7, 11) is 1.59. The Balaban J connectivity index is 0.00000306. The van der Waals surface area contributed by atoms with Crippen molar-refractivity contribution in [1.29, 1.82) is 0 Å². The van der Waals surface area contributed by atoms with Gasteiger partial charge in [-0.3, -0.25) is 4.79 Å². The van der Waals surface area contributed by atoms with Crippen LogP contribution in [0.5, 0.6) is 0 Å². The minimum Gasteiger partial charge on any atom is -1.00 e. The third-order valence-electron chi connectivity index (χ3n) is 6.77. The Morgan fingerprint density at radius 2 is 2.00 bits per heavy atom. The number of halogens is 1. The average molecular weight is 488 g/mol. The predicted octanol–water partition coefficient (Wildman–Crippen LogP) is -3.34. The van der Waals surface area contributed by atoms with Gasteiger partial charge in [-0.25, -0.2) is 4.79 Å². The second-order valence-electron chi connectivity index (χ2n) is 8.75. The molecule has 1 N–H and O–H groups in total. The standard InChI is InChI=1S/C23H33NO8.ClH/c1-4-17(23(26)30-12-8-24-6-10-28-11-7-24)32-19-15-5-9-29-20(15)22(27-3)21-18(19)16(25)13-14(2)31-21;/h5,9,13,15,17-22H,4,6-8,10-12H2,1-3H3;1H. The van der Waals surface area contributed by atoms with Gasteiger partial charge in [0.2, 0.25) is 0 Å². The van der Waals surface area contributed by atoms with Crippen molar-refractivity contribution in [3.05, 3.63) is 24.2 Å². The van der Waals surface area contributed by atoms with Crippen LogP contribution in [0.2, 0.25) is 0 Å². The van der Waals surface area contributed by atoms with E-state index in [0.717, 1.165) is 32.8 Å². The second-order valence-corrected chi connectivity index (χ2v) is 8.75. The first-order chi connectivity index (χ1) is 15.5. The van der Waals surface area contributed by atoms with Gasteiger partial charge in [-0.1, -0.05) is 6.92 Å². The summed E-state index contributed by atoms with van der Waals surface area (Å²) < 4.78 is 34.7. The minimum atomic E-state index is -0.770. The first-order valence-electron chi connectivity index (χ1n) is 11.5. The van der Waals surface area contributed by atoms with Crippen molar-refractivity contribution in [2.45, 2.75) is 50.8 Å². The summed E-state index contributed by atoms with van der Waals surface area (Å²) in [4.78, 5) is 27.2. The van der Waals surface area contributed by atoms with Crippen LogP contribution in [0.3, 0.4) is 0 Å². The molecule has 3 heterocycles. The largest absolute Gasteiger partial charge is 1.00 e. The zero-order valence-corrected chi connectivity index (χ0v) is 20.1. The summed E-state index contributed by atoms with van der Waals surface area (Å²) in [6.07, 6.45) is 2.79. The van der Waals surface area contributed by atoms with Gasteiger partial charge in [0, 0.05) is 19.1 Å². The van der Waals surface area contributed by atoms with Crippen LogP contribution < -0.4 is 17.3 Å². The Morgan fingerprint density at radius 3 is 2.70 bits per heavy atom. The summed E-state index contributed by atoms with van der Waals surface area (Å²) in [6, 6.07) is 0. The molecule has 9 nitrogen and oxygen atoms in total. The maximum atomic E-state index is 13.0. The van der Waals surface area contributed by atoms with Crippen molar-refractivity contribution >= 4 is 11.8 Å². The monoisotopic (exact) mass is 487 g/mol. The van der Waals surface area contributed by atoms with E-state index in [2.05, 4.69) is 0 Å². The lowest BCUT2D eigenvalue weighted by atomic mass is 9.71. The molecule has 4 rings (SSSR count). The Morgan fingerprint density at radius 1 is 1.24 bits per heavy atom. The number of carbonyl (C=O) groups is 2. The Labute approximate surface area is 200 Å². The van der Waals surface area contributed by atoms with E-state index < -0.39 is 36.3 Å². The highest BCUT2D eigenvalue weighted by atomic mass is 35.5. The quantitative estimate of drug-likeness (QED) is 0.355. The minimum absolute atomic E-state index is 0. The molecule has 0 aromatic carbocycles. The highest BCUT2D eigenvalue weighted by Gasteiger charge is 2.58. The first-order valence-corrected chi connectivity index (χ1v) is 11.5. The van der Waals surface area contributed by atoms with E-state index in [1.807, 2.05) is 13.0 Å². The molecule has 0 radical (unpaired) electrons. The van der Waals surface area contributed by atoms with Gasteiger partial charge in [0.25, 0.3) is 0 Å². The van der Waals surface area contributed by atoms with E-state index in [-0.39, 0.29) is 30.2 Å². The number of methoxy groups -OCH3 is 1. The van der Waals surface area contributed by atoms with Crippen molar-refractivity contribution in [3.63, 3.8) is 0 Å². The second kappa shape index (κ2) is 11.7. The van der Waals surface area contributed by atoms with E-state index in [4.69, 9.17) is 28.4 Å². The molecule has 0 spiro atoms. The van der Waals surface area contributed by atoms with Gasteiger partial charge in [0.1, 0.15) is 44.6 Å². The first kappa shape index (κ1) is 26.0. The van der Waals surface area contributed by atoms with E-state index in [1.165, 1.54) is 11.0 Å². The molecular formula is C23H34ClNO8. The Bertz CT molecular complexity index is 753. The number of hydrogen-bond acceptors (Lipinski definition) is 8. The molecule has 1 saturated heterocycles. The summed E-state index contributed by atoms with van der Waals surface area (Å²) >= 11 is 0. The van der Waals surface area contributed by atoms with E-state index in [0.29, 0.717) is 18.8 Å². The van der Waals surface area contributed by atoms with Crippen LogP contribution in [0.15, 0.2) is 24.2 Å². The number of nitrogens with one attached hydrogen (secondary N) is 1. The smallest absolute Gasteiger partial charge is 0.335 e. The zero-order valence-electron chi connectivity index (χ0n) is 19.4. The topological polar surface area (TPSA) is 94.0 Å². The van der Waals surface area contributed by atoms with Crippen molar-refractivity contribution in [1.82, 2.24) is 0 Å². The Kier molecular flexibility index (Phi) is 9.17.